The SMILES string of the molecule is Cc1cccc(CN(C)C(=O)/C=C/c2cccc(N)c2)n1. The average molecular weight is 281 g/mol. The van der Waals surface area contributed by atoms with Gasteiger partial charge in [0.2, 0.25) is 5.91 Å². The maximum atomic E-state index is 12.1. The van der Waals surface area contributed by atoms with Crippen LogP contribution in [0.2, 0.25) is 0 Å². The number of pyridine rings is 1. The van der Waals surface area contributed by atoms with E-state index in [1.807, 2.05) is 49.4 Å². The molecule has 1 heterocycles. The molecule has 0 saturated carbocycles. The van der Waals surface area contributed by atoms with E-state index in [9.17, 15) is 4.79 Å². The number of aromatic nitrogens is 1. The van der Waals surface area contributed by atoms with E-state index in [2.05, 4.69) is 4.98 Å². The molecule has 0 fully saturated rings. The minimum atomic E-state index is -0.0688. The zero-order chi connectivity index (χ0) is 15.2. The van der Waals surface area contributed by atoms with Crippen LogP contribution >= 0.6 is 0 Å². The molecule has 0 bridgehead atoms. The number of nitrogens with zero attached hydrogens (tertiary/aromatic N) is 2. The Morgan fingerprint density at radius 1 is 1.29 bits per heavy atom. The van der Waals surface area contributed by atoms with E-state index in [1.54, 1.807) is 24.1 Å². The van der Waals surface area contributed by atoms with Gasteiger partial charge in [0, 0.05) is 24.5 Å². The van der Waals surface area contributed by atoms with Gasteiger partial charge < -0.3 is 10.6 Å². The highest BCUT2D eigenvalue weighted by molar-refractivity contribution is 5.91. The quantitative estimate of drug-likeness (QED) is 0.692. The standard InChI is InChI=1S/C17H19N3O/c1-13-5-3-8-16(19-13)12-20(2)17(21)10-9-14-6-4-7-15(18)11-14/h3-11H,12,18H2,1-2H3/b10-9+. The van der Waals surface area contributed by atoms with Gasteiger partial charge in [-0.25, -0.2) is 0 Å². The number of amides is 1. The molecule has 0 unspecified atom stereocenters. The lowest BCUT2D eigenvalue weighted by Crippen LogP contribution is -2.24. The first kappa shape index (κ1) is 14.8. The van der Waals surface area contributed by atoms with Crippen molar-refractivity contribution in [2.24, 2.45) is 0 Å². The van der Waals surface area contributed by atoms with E-state index in [-0.39, 0.29) is 5.91 Å². The molecule has 2 rings (SSSR count). The van der Waals surface area contributed by atoms with E-state index in [0.29, 0.717) is 12.2 Å². The number of hydrogen-bond acceptors (Lipinski definition) is 3. The van der Waals surface area contributed by atoms with Gasteiger partial charge in [0.25, 0.3) is 0 Å². The van der Waals surface area contributed by atoms with Crippen LogP contribution in [0.15, 0.2) is 48.5 Å². The second kappa shape index (κ2) is 6.70. The van der Waals surface area contributed by atoms with Crippen molar-refractivity contribution in [1.29, 1.82) is 0 Å². The third-order valence-electron chi connectivity index (χ3n) is 3.05. The van der Waals surface area contributed by atoms with Gasteiger partial charge in [-0.3, -0.25) is 9.78 Å². The summed E-state index contributed by atoms with van der Waals surface area (Å²) in [5.41, 5.74) is 9.12. The highest BCUT2D eigenvalue weighted by Gasteiger charge is 2.06. The van der Waals surface area contributed by atoms with Crippen LogP contribution in [0, 0.1) is 6.92 Å². The van der Waals surface area contributed by atoms with E-state index >= 15 is 0 Å². The molecular formula is C17H19N3O. The fraction of sp³-hybridized carbons (Fsp3) is 0.176. The molecule has 4 nitrogen and oxygen atoms in total. The summed E-state index contributed by atoms with van der Waals surface area (Å²) >= 11 is 0. The van der Waals surface area contributed by atoms with Gasteiger partial charge >= 0.3 is 0 Å². The summed E-state index contributed by atoms with van der Waals surface area (Å²) in [6.07, 6.45) is 3.31. The number of nitrogens with two attached hydrogens (primary N) is 1. The first-order valence-electron chi connectivity index (χ1n) is 6.76. The Balaban J connectivity index is 1.99. The van der Waals surface area contributed by atoms with E-state index in [4.69, 9.17) is 5.73 Å². The van der Waals surface area contributed by atoms with Gasteiger partial charge in [0.1, 0.15) is 0 Å². The second-order valence-corrected chi connectivity index (χ2v) is 4.97. The Bertz CT molecular complexity index is 665. The van der Waals surface area contributed by atoms with E-state index in [0.717, 1.165) is 17.0 Å². The normalized spacial score (nSPS) is 10.8. The predicted octanol–water partition coefficient (Wildman–Crippen LogP) is 2.64. The Morgan fingerprint density at radius 2 is 2.05 bits per heavy atom. The van der Waals surface area contributed by atoms with E-state index in [1.165, 1.54) is 0 Å². The maximum absolute atomic E-state index is 12.1. The lowest BCUT2D eigenvalue weighted by atomic mass is 10.2. The number of rotatable bonds is 4. The molecular weight excluding hydrogens is 262 g/mol. The molecule has 4 heteroatoms. The summed E-state index contributed by atoms with van der Waals surface area (Å²) < 4.78 is 0. The van der Waals surface area contributed by atoms with Crippen LogP contribution < -0.4 is 5.73 Å². The number of benzene rings is 1. The number of anilines is 1. The van der Waals surface area contributed by atoms with Crippen molar-refractivity contribution in [2.45, 2.75) is 13.5 Å². The molecule has 1 amide bonds. The lowest BCUT2D eigenvalue weighted by Gasteiger charge is -2.14. The van der Waals surface area contributed by atoms with Crippen molar-refractivity contribution in [2.75, 3.05) is 12.8 Å². The maximum Gasteiger partial charge on any atom is 0.246 e. The molecule has 0 radical (unpaired) electrons. The number of likely N-dealkylation sites (N-methyl/N-ethyl adjacent to an activating group) is 1. The summed E-state index contributed by atoms with van der Waals surface area (Å²) in [5.74, 6) is -0.0688. The van der Waals surface area contributed by atoms with Crippen LogP contribution in [0.3, 0.4) is 0 Å². The number of carbonyl (C=O) groups excluding carboxylic acids is 1. The summed E-state index contributed by atoms with van der Waals surface area (Å²) in [7, 11) is 1.76. The van der Waals surface area contributed by atoms with Crippen molar-refractivity contribution >= 4 is 17.7 Å². The molecule has 108 valence electrons. The van der Waals surface area contributed by atoms with E-state index < -0.39 is 0 Å². The largest absolute Gasteiger partial charge is 0.399 e. The molecule has 0 spiro atoms. The molecule has 21 heavy (non-hydrogen) atoms. The molecule has 2 aromatic rings. The van der Waals surface area contributed by atoms with Gasteiger partial charge in [-0.1, -0.05) is 18.2 Å². The third kappa shape index (κ3) is 4.45. The van der Waals surface area contributed by atoms with Crippen molar-refractivity contribution in [1.82, 2.24) is 9.88 Å². The third-order valence-corrected chi connectivity index (χ3v) is 3.05. The topological polar surface area (TPSA) is 59.2 Å². The molecule has 1 aromatic carbocycles. The van der Waals surface area contributed by atoms with Gasteiger partial charge in [0.05, 0.1) is 12.2 Å². The molecule has 0 aliphatic carbocycles. The van der Waals surface area contributed by atoms with Gasteiger partial charge in [-0.15, -0.1) is 0 Å². The summed E-state index contributed by atoms with van der Waals surface area (Å²) in [6.45, 7) is 2.42. The van der Waals surface area contributed by atoms with Crippen LogP contribution in [-0.2, 0) is 11.3 Å². The molecule has 0 atom stereocenters. The van der Waals surface area contributed by atoms with Crippen LogP contribution in [-0.4, -0.2) is 22.8 Å². The lowest BCUT2D eigenvalue weighted by molar-refractivity contribution is -0.125. The molecule has 0 saturated heterocycles. The number of carbonyl (C=O) groups is 1. The van der Waals surface area contributed by atoms with Crippen LogP contribution in [0.1, 0.15) is 17.0 Å². The first-order chi connectivity index (χ1) is 10.0. The zero-order valence-corrected chi connectivity index (χ0v) is 12.3. The number of nitrogen functional groups attached to an aromatic ring is 1. The zero-order valence-electron chi connectivity index (χ0n) is 12.3. The Hall–Kier alpha value is -2.62. The summed E-state index contributed by atoms with van der Waals surface area (Å²) in [5, 5.41) is 0. The van der Waals surface area contributed by atoms with Gasteiger partial charge in [-0.2, -0.15) is 0 Å². The fourth-order valence-corrected chi connectivity index (χ4v) is 1.97. The highest BCUT2D eigenvalue weighted by atomic mass is 16.2. The van der Waals surface area contributed by atoms with Gasteiger partial charge in [0.15, 0.2) is 0 Å². The van der Waals surface area contributed by atoms with Crippen molar-refractivity contribution in [3.8, 4) is 0 Å². The monoisotopic (exact) mass is 281 g/mol. The van der Waals surface area contributed by atoms with Crippen LogP contribution in [0.5, 0.6) is 0 Å². The molecule has 0 aliphatic rings. The average Bonchev–Trinajstić information content (AvgIpc) is 2.45. The minimum Gasteiger partial charge on any atom is -0.399 e. The number of aryl methyl sites for hydroxylation is 1. The first-order valence-corrected chi connectivity index (χ1v) is 6.76. The molecule has 2 N–H and O–H groups in total. The minimum absolute atomic E-state index is 0.0688. The predicted molar refractivity (Wildman–Crippen MR) is 85.3 cm³/mol. The Kier molecular flexibility index (Phi) is 4.72. The smallest absolute Gasteiger partial charge is 0.246 e. The summed E-state index contributed by atoms with van der Waals surface area (Å²) in [6, 6.07) is 13.2. The highest BCUT2D eigenvalue weighted by Crippen LogP contribution is 2.09. The van der Waals surface area contributed by atoms with Gasteiger partial charge in [-0.05, 0) is 42.8 Å². The van der Waals surface area contributed by atoms with Crippen LogP contribution in [0.4, 0.5) is 5.69 Å². The number of hydrogen-bond donors (Lipinski definition) is 1. The molecule has 1 aromatic heterocycles. The Labute approximate surface area is 124 Å². The Morgan fingerprint density at radius 3 is 2.76 bits per heavy atom. The molecule has 0 aliphatic heterocycles. The second-order valence-electron chi connectivity index (χ2n) is 4.97. The van der Waals surface area contributed by atoms with Crippen molar-refractivity contribution in [3.63, 3.8) is 0 Å². The fourth-order valence-electron chi connectivity index (χ4n) is 1.97. The van der Waals surface area contributed by atoms with Crippen molar-refractivity contribution < 1.29 is 4.79 Å². The van der Waals surface area contributed by atoms with Crippen LogP contribution in [0.25, 0.3) is 6.08 Å². The van der Waals surface area contributed by atoms with Crippen molar-refractivity contribution in [3.05, 3.63) is 65.5 Å². The summed E-state index contributed by atoms with van der Waals surface area (Å²) in [4.78, 5) is 18.1.